The molecule has 8 heteroatoms. The molecule has 0 spiro atoms. The Balaban J connectivity index is 1.38. The number of pyridine rings is 1. The predicted octanol–water partition coefficient (Wildman–Crippen LogP) is 3.06. The number of fused-ring (bicyclic) bond motifs is 1. The minimum absolute atomic E-state index is 0.0782. The van der Waals surface area contributed by atoms with Gasteiger partial charge in [-0.1, -0.05) is 18.2 Å². The number of hydrogen-bond donors (Lipinski definition) is 1. The summed E-state index contributed by atoms with van der Waals surface area (Å²) in [5, 5.41) is 4.71. The van der Waals surface area contributed by atoms with Gasteiger partial charge in [0.25, 0.3) is 11.8 Å². The average Bonchev–Trinajstić information content (AvgIpc) is 3.24. The number of rotatable bonds is 7. The zero-order chi connectivity index (χ0) is 21.8. The molecule has 4 rings (SSSR count). The number of aryl methyl sites for hydroxylation is 1. The lowest BCUT2D eigenvalue weighted by Crippen LogP contribution is -2.38. The smallest absolute Gasteiger partial charge is 0.254 e. The van der Waals surface area contributed by atoms with Crippen LogP contribution in [-0.2, 0) is 11.2 Å². The van der Waals surface area contributed by atoms with E-state index in [4.69, 9.17) is 20.0 Å². The van der Waals surface area contributed by atoms with Gasteiger partial charge >= 0.3 is 0 Å². The molecule has 1 aliphatic rings. The molecule has 31 heavy (non-hydrogen) atoms. The van der Waals surface area contributed by atoms with Crippen molar-refractivity contribution in [3.8, 4) is 5.88 Å². The van der Waals surface area contributed by atoms with Crippen LogP contribution in [0.25, 0.3) is 10.9 Å². The van der Waals surface area contributed by atoms with Gasteiger partial charge in [-0.2, -0.15) is 0 Å². The molecule has 1 aliphatic heterocycles. The van der Waals surface area contributed by atoms with Crippen LogP contribution in [0, 0.1) is 0 Å². The molecule has 0 radical (unpaired) electrons. The van der Waals surface area contributed by atoms with Gasteiger partial charge in [-0.15, -0.1) is 0 Å². The highest BCUT2D eigenvalue weighted by atomic mass is 16.5. The van der Waals surface area contributed by atoms with Crippen LogP contribution in [0.15, 0.2) is 40.9 Å². The van der Waals surface area contributed by atoms with Gasteiger partial charge in [-0.3, -0.25) is 14.6 Å². The topological polar surface area (TPSA) is 112 Å². The first-order chi connectivity index (χ1) is 15.0. The van der Waals surface area contributed by atoms with Crippen molar-refractivity contribution in [2.75, 3.05) is 19.7 Å². The van der Waals surface area contributed by atoms with Crippen molar-refractivity contribution in [3.05, 3.63) is 53.4 Å². The van der Waals surface area contributed by atoms with Gasteiger partial charge in [0.2, 0.25) is 5.91 Å². The summed E-state index contributed by atoms with van der Waals surface area (Å²) < 4.78 is 10.5. The lowest BCUT2D eigenvalue weighted by molar-refractivity contribution is -0.132. The molecule has 0 atom stereocenters. The predicted molar refractivity (Wildman–Crippen MR) is 115 cm³/mol. The second-order valence-electron chi connectivity index (χ2n) is 7.70. The van der Waals surface area contributed by atoms with Crippen LogP contribution < -0.4 is 10.5 Å². The van der Waals surface area contributed by atoms with Crippen molar-refractivity contribution in [1.82, 2.24) is 15.0 Å². The van der Waals surface area contributed by atoms with Crippen molar-refractivity contribution in [1.29, 1.82) is 0 Å². The highest BCUT2D eigenvalue weighted by molar-refractivity contribution is 5.97. The Kier molecular flexibility index (Phi) is 6.16. The molecule has 2 amide bonds. The third-order valence-electron chi connectivity index (χ3n) is 5.67. The van der Waals surface area contributed by atoms with Gasteiger partial charge in [-0.25, -0.2) is 0 Å². The van der Waals surface area contributed by atoms with Crippen molar-refractivity contribution in [3.63, 3.8) is 0 Å². The summed E-state index contributed by atoms with van der Waals surface area (Å²) in [4.78, 5) is 31.3. The van der Waals surface area contributed by atoms with E-state index in [0.717, 1.165) is 29.4 Å². The molecular weight excluding hydrogens is 396 g/mol. The minimum atomic E-state index is -0.467. The van der Waals surface area contributed by atoms with Gasteiger partial charge in [0.1, 0.15) is 5.76 Å². The summed E-state index contributed by atoms with van der Waals surface area (Å²) in [5.74, 6) is 0.788. The lowest BCUT2D eigenvalue weighted by atomic mass is 9.89. The molecule has 8 nitrogen and oxygen atoms in total. The van der Waals surface area contributed by atoms with Crippen molar-refractivity contribution in [2.24, 2.45) is 5.73 Å². The molecule has 162 valence electrons. The van der Waals surface area contributed by atoms with Gasteiger partial charge < -0.3 is 19.9 Å². The van der Waals surface area contributed by atoms with Crippen LogP contribution in [-0.4, -0.2) is 46.6 Å². The molecular formula is C23H26N4O4. The van der Waals surface area contributed by atoms with Crippen LogP contribution in [0.3, 0.4) is 0 Å². The summed E-state index contributed by atoms with van der Waals surface area (Å²) >= 11 is 0. The Morgan fingerprint density at radius 2 is 2.00 bits per heavy atom. The molecule has 1 fully saturated rings. The van der Waals surface area contributed by atoms with E-state index in [9.17, 15) is 9.59 Å². The van der Waals surface area contributed by atoms with Crippen molar-refractivity contribution < 1.29 is 18.8 Å². The Morgan fingerprint density at radius 3 is 2.74 bits per heavy atom. The maximum atomic E-state index is 12.6. The number of hydrogen-bond acceptors (Lipinski definition) is 6. The fourth-order valence-electron chi connectivity index (χ4n) is 4.06. The third kappa shape index (κ3) is 4.68. The second-order valence-corrected chi connectivity index (χ2v) is 7.70. The van der Waals surface area contributed by atoms with Gasteiger partial charge in [0.05, 0.1) is 23.4 Å². The van der Waals surface area contributed by atoms with E-state index >= 15 is 0 Å². The molecule has 0 saturated carbocycles. The Labute approximate surface area is 180 Å². The maximum Gasteiger partial charge on any atom is 0.254 e. The van der Waals surface area contributed by atoms with E-state index in [1.54, 1.807) is 6.07 Å². The van der Waals surface area contributed by atoms with E-state index in [1.165, 1.54) is 0 Å². The molecule has 1 aromatic carbocycles. The first-order valence-corrected chi connectivity index (χ1v) is 10.6. The standard InChI is InChI=1S/C23H26N4O4/c1-2-30-20-14-17(31-26-20)7-8-21(28)27-11-9-15(10-12-27)22-18(23(24)29)13-16-5-3-4-6-19(16)25-22/h3-6,13-15H,2,7-12H2,1H3,(H2,24,29). The molecule has 0 bridgehead atoms. The monoisotopic (exact) mass is 422 g/mol. The number of nitrogens with zero attached hydrogens (tertiary/aromatic N) is 3. The van der Waals surface area contributed by atoms with E-state index in [2.05, 4.69) is 5.16 Å². The summed E-state index contributed by atoms with van der Waals surface area (Å²) in [6, 6.07) is 11.2. The molecule has 3 heterocycles. The second kappa shape index (κ2) is 9.16. The normalized spacial score (nSPS) is 14.7. The lowest BCUT2D eigenvalue weighted by Gasteiger charge is -2.32. The van der Waals surface area contributed by atoms with Crippen molar-refractivity contribution in [2.45, 2.75) is 38.5 Å². The fourth-order valence-corrected chi connectivity index (χ4v) is 4.06. The molecule has 2 N–H and O–H groups in total. The van der Waals surface area contributed by atoms with Crippen molar-refractivity contribution >= 4 is 22.7 Å². The van der Waals surface area contributed by atoms with E-state index in [-0.39, 0.29) is 11.8 Å². The number of nitrogens with two attached hydrogens (primary N) is 1. The summed E-state index contributed by atoms with van der Waals surface area (Å²) in [6.07, 6.45) is 2.32. The molecule has 1 saturated heterocycles. The SMILES string of the molecule is CCOc1cc(CCC(=O)N2CCC(c3nc4ccccc4cc3C(N)=O)CC2)on1. The number of primary amides is 1. The first kappa shape index (κ1) is 20.8. The van der Waals surface area contributed by atoms with Gasteiger partial charge in [-0.05, 0) is 37.1 Å². The number of amides is 2. The highest BCUT2D eigenvalue weighted by Gasteiger charge is 2.27. The quantitative estimate of drug-likeness (QED) is 0.626. The van der Waals surface area contributed by atoms with Crippen LogP contribution >= 0.6 is 0 Å². The Morgan fingerprint density at radius 1 is 1.23 bits per heavy atom. The molecule has 3 aromatic rings. The summed E-state index contributed by atoms with van der Waals surface area (Å²) in [7, 11) is 0. The van der Waals surface area contributed by atoms with Crippen LogP contribution in [0.2, 0.25) is 0 Å². The van der Waals surface area contributed by atoms with Crippen LogP contribution in [0.5, 0.6) is 5.88 Å². The van der Waals surface area contributed by atoms with Gasteiger partial charge in [0, 0.05) is 43.3 Å². The third-order valence-corrected chi connectivity index (χ3v) is 5.67. The Hall–Kier alpha value is -3.42. The van der Waals surface area contributed by atoms with E-state index in [0.29, 0.717) is 49.7 Å². The number of likely N-dealkylation sites (tertiary alicyclic amines) is 1. The number of carbonyl (C=O) groups excluding carboxylic acids is 2. The van der Waals surface area contributed by atoms with E-state index in [1.807, 2.05) is 42.2 Å². The largest absolute Gasteiger partial charge is 0.476 e. The molecule has 0 unspecified atom stereocenters. The summed E-state index contributed by atoms with van der Waals surface area (Å²) in [5.41, 5.74) is 7.69. The number of piperidine rings is 1. The number of carbonyl (C=O) groups is 2. The highest BCUT2D eigenvalue weighted by Crippen LogP contribution is 2.31. The fraction of sp³-hybridized carbons (Fsp3) is 0.391. The number of ether oxygens (including phenoxy) is 1. The molecule has 0 aliphatic carbocycles. The van der Waals surface area contributed by atoms with E-state index < -0.39 is 5.91 Å². The number of benzene rings is 1. The average molecular weight is 422 g/mol. The first-order valence-electron chi connectivity index (χ1n) is 10.6. The molecule has 2 aromatic heterocycles. The summed E-state index contributed by atoms with van der Waals surface area (Å²) in [6.45, 7) is 3.64. The van der Waals surface area contributed by atoms with Crippen LogP contribution in [0.1, 0.15) is 53.9 Å². The van der Waals surface area contributed by atoms with Crippen LogP contribution in [0.4, 0.5) is 0 Å². The zero-order valence-corrected chi connectivity index (χ0v) is 17.5. The minimum Gasteiger partial charge on any atom is -0.476 e. The maximum absolute atomic E-state index is 12.6. The number of aromatic nitrogens is 2. The van der Waals surface area contributed by atoms with Gasteiger partial charge in [0.15, 0.2) is 0 Å². The Bertz CT molecular complexity index is 1090. The zero-order valence-electron chi connectivity index (χ0n) is 17.5. The number of para-hydroxylation sites is 1.